The van der Waals surface area contributed by atoms with Crippen molar-refractivity contribution in [2.24, 2.45) is 5.92 Å². The number of hydrogen-bond acceptors (Lipinski definition) is 3. The first-order valence-corrected chi connectivity index (χ1v) is 7.92. The number of likely N-dealkylation sites (tertiary alicyclic amines) is 1. The van der Waals surface area contributed by atoms with Gasteiger partial charge < -0.3 is 10.4 Å². The third-order valence-corrected chi connectivity index (χ3v) is 4.63. The van der Waals surface area contributed by atoms with E-state index in [1.807, 2.05) is 0 Å². The maximum atomic E-state index is 9.83. The largest absolute Gasteiger partial charge is 0.393 e. The highest BCUT2D eigenvalue weighted by atomic mass is 16.3. The smallest absolute Gasteiger partial charge is 0.0580 e. The Balaban J connectivity index is 1.62. The van der Waals surface area contributed by atoms with Gasteiger partial charge in [-0.1, -0.05) is 18.1 Å². The monoisotopic (exact) mass is 266 g/mol. The zero-order chi connectivity index (χ0) is 13.7. The Bertz CT molecular complexity index is 291. The van der Waals surface area contributed by atoms with Gasteiger partial charge in [-0.3, -0.25) is 4.90 Å². The van der Waals surface area contributed by atoms with Crippen LogP contribution < -0.4 is 5.32 Å². The number of aliphatic hydroxyl groups excluding tert-OH is 1. The van der Waals surface area contributed by atoms with Gasteiger partial charge in [-0.2, -0.15) is 0 Å². The molecule has 2 unspecified atom stereocenters. The molecule has 2 atom stereocenters. The number of aliphatic hydroxyl groups is 1. The molecule has 1 saturated heterocycles. The van der Waals surface area contributed by atoms with Crippen molar-refractivity contribution >= 4 is 0 Å². The summed E-state index contributed by atoms with van der Waals surface area (Å²) in [7, 11) is 0. The maximum Gasteiger partial charge on any atom is 0.0580 e. The van der Waals surface area contributed by atoms with Gasteiger partial charge in [0.2, 0.25) is 0 Å². The molecular weight excluding hydrogens is 236 g/mol. The fourth-order valence-electron chi connectivity index (χ4n) is 3.20. The normalized spacial score (nSPS) is 29.6. The Morgan fingerprint density at radius 1 is 1.21 bits per heavy atom. The summed E-state index contributed by atoms with van der Waals surface area (Å²) in [6.45, 7) is 8.86. The summed E-state index contributed by atoms with van der Waals surface area (Å²) in [5.41, 5.74) is 1.41. The molecule has 2 fully saturated rings. The average molecular weight is 266 g/mol. The van der Waals surface area contributed by atoms with Gasteiger partial charge in [-0.25, -0.2) is 0 Å². The lowest BCUT2D eigenvalue weighted by Gasteiger charge is -2.32. The first-order valence-electron chi connectivity index (χ1n) is 7.92. The summed E-state index contributed by atoms with van der Waals surface area (Å²) in [6.07, 6.45) is 8.18. The molecule has 2 aliphatic rings. The summed E-state index contributed by atoms with van der Waals surface area (Å²) in [5, 5.41) is 13.5. The number of piperidine rings is 1. The molecule has 1 aliphatic heterocycles. The second kappa shape index (κ2) is 7.41. The Morgan fingerprint density at radius 2 is 1.95 bits per heavy atom. The van der Waals surface area contributed by atoms with Crippen molar-refractivity contribution < 1.29 is 5.11 Å². The minimum Gasteiger partial charge on any atom is -0.393 e. The Labute approximate surface area is 118 Å². The first-order chi connectivity index (χ1) is 9.15. The van der Waals surface area contributed by atoms with E-state index in [1.165, 1.54) is 44.3 Å². The maximum absolute atomic E-state index is 9.83. The lowest BCUT2D eigenvalue weighted by molar-refractivity contribution is 0.125. The van der Waals surface area contributed by atoms with Crippen LogP contribution in [0.3, 0.4) is 0 Å². The van der Waals surface area contributed by atoms with Crippen LogP contribution in [0.4, 0.5) is 0 Å². The van der Waals surface area contributed by atoms with Crippen LogP contribution in [-0.2, 0) is 0 Å². The first kappa shape index (κ1) is 15.0. The number of rotatable bonds is 5. The van der Waals surface area contributed by atoms with Crippen LogP contribution in [0, 0.1) is 5.92 Å². The molecule has 0 radical (unpaired) electrons. The van der Waals surface area contributed by atoms with E-state index in [0.29, 0.717) is 12.0 Å². The van der Waals surface area contributed by atoms with Gasteiger partial charge in [-0.05, 0) is 58.5 Å². The summed E-state index contributed by atoms with van der Waals surface area (Å²) in [5.74, 6) is 0.503. The van der Waals surface area contributed by atoms with E-state index < -0.39 is 0 Å². The minimum atomic E-state index is -0.0507. The molecule has 0 aromatic heterocycles. The van der Waals surface area contributed by atoms with Gasteiger partial charge in [-0.15, -0.1) is 0 Å². The van der Waals surface area contributed by atoms with Gasteiger partial charge >= 0.3 is 0 Å². The Hall–Kier alpha value is -0.380. The summed E-state index contributed by atoms with van der Waals surface area (Å²) >= 11 is 0. The molecule has 0 amide bonds. The second-order valence-corrected chi connectivity index (χ2v) is 6.52. The van der Waals surface area contributed by atoms with Crippen LogP contribution in [0.25, 0.3) is 0 Å². The van der Waals surface area contributed by atoms with Crippen molar-refractivity contribution in [2.45, 2.75) is 58.1 Å². The van der Waals surface area contributed by atoms with Gasteiger partial charge in [0.25, 0.3) is 0 Å². The van der Waals surface area contributed by atoms with Crippen LogP contribution in [0.1, 0.15) is 46.0 Å². The molecule has 1 saturated carbocycles. The highest BCUT2D eigenvalue weighted by Gasteiger charge is 2.26. The number of nitrogens with one attached hydrogen (secondary N) is 1. The molecule has 0 spiro atoms. The van der Waals surface area contributed by atoms with Crippen LogP contribution in [-0.4, -0.2) is 48.3 Å². The molecule has 0 bridgehead atoms. The van der Waals surface area contributed by atoms with Crippen molar-refractivity contribution in [1.29, 1.82) is 0 Å². The molecule has 2 rings (SSSR count). The fourth-order valence-corrected chi connectivity index (χ4v) is 3.20. The van der Waals surface area contributed by atoms with Crippen molar-refractivity contribution in [2.75, 3.05) is 26.2 Å². The Morgan fingerprint density at radius 3 is 2.53 bits per heavy atom. The van der Waals surface area contributed by atoms with Crippen molar-refractivity contribution in [3.05, 3.63) is 11.6 Å². The molecule has 1 heterocycles. The molecule has 1 aliphatic carbocycles. The van der Waals surface area contributed by atoms with E-state index in [0.717, 1.165) is 19.5 Å². The third kappa shape index (κ3) is 4.90. The van der Waals surface area contributed by atoms with Crippen LogP contribution in [0.15, 0.2) is 11.6 Å². The zero-order valence-corrected chi connectivity index (χ0v) is 12.6. The number of allylic oxidation sites excluding steroid dienone is 1. The van der Waals surface area contributed by atoms with E-state index in [2.05, 4.69) is 30.1 Å². The SMILES string of the molecule is CC(C)=CCN1CCC(NCC2CCCC2O)CC1. The predicted octanol–water partition coefficient (Wildman–Crippen LogP) is 2.17. The van der Waals surface area contributed by atoms with Crippen molar-refractivity contribution in [3.63, 3.8) is 0 Å². The van der Waals surface area contributed by atoms with Gasteiger partial charge in [0.05, 0.1) is 6.10 Å². The van der Waals surface area contributed by atoms with Gasteiger partial charge in [0.1, 0.15) is 0 Å². The van der Waals surface area contributed by atoms with Crippen molar-refractivity contribution in [3.8, 4) is 0 Å². The zero-order valence-electron chi connectivity index (χ0n) is 12.6. The minimum absolute atomic E-state index is 0.0507. The van der Waals surface area contributed by atoms with Crippen LogP contribution in [0.2, 0.25) is 0 Å². The summed E-state index contributed by atoms with van der Waals surface area (Å²) in [6, 6.07) is 0.663. The highest BCUT2D eigenvalue weighted by molar-refractivity contribution is 4.95. The lowest BCUT2D eigenvalue weighted by Crippen LogP contribution is -2.44. The number of hydrogen-bond donors (Lipinski definition) is 2. The van der Waals surface area contributed by atoms with E-state index >= 15 is 0 Å². The molecule has 3 heteroatoms. The van der Waals surface area contributed by atoms with Crippen molar-refractivity contribution in [1.82, 2.24) is 10.2 Å². The van der Waals surface area contributed by atoms with Crippen LogP contribution in [0.5, 0.6) is 0 Å². The highest BCUT2D eigenvalue weighted by Crippen LogP contribution is 2.25. The molecule has 2 N–H and O–H groups in total. The second-order valence-electron chi connectivity index (χ2n) is 6.52. The predicted molar refractivity (Wildman–Crippen MR) is 80.2 cm³/mol. The molecule has 110 valence electrons. The topological polar surface area (TPSA) is 35.5 Å². The molecule has 3 nitrogen and oxygen atoms in total. The van der Waals surface area contributed by atoms with E-state index in [4.69, 9.17) is 0 Å². The molecule has 0 aromatic carbocycles. The summed E-state index contributed by atoms with van der Waals surface area (Å²) < 4.78 is 0. The van der Waals surface area contributed by atoms with E-state index in [-0.39, 0.29) is 6.10 Å². The summed E-state index contributed by atoms with van der Waals surface area (Å²) in [4.78, 5) is 2.54. The van der Waals surface area contributed by atoms with Crippen LogP contribution >= 0.6 is 0 Å². The van der Waals surface area contributed by atoms with E-state index in [1.54, 1.807) is 0 Å². The molecule has 0 aromatic rings. The number of nitrogens with zero attached hydrogens (tertiary/aromatic N) is 1. The van der Waals surface area contributed by atoms with Gasteiger partial charge in [0.15, 0.2) is 0 Å². The quantitative estimate of drug-likeness (QED) is 0.749. The molecule has 19 heavy (non-hydrogen) atoms. The lowest BCUT2D eigenvalue weighted by atomic mass is 10.0. The van der Waals surface area contributed by atoms with Gasteiger partial charge in [0, 0.05) is 19.1 Å². The van der Waals surface area contributed by atoms with E-state index in [9.17, 15) is 5.11 Å². The third-order valence-electron chi connectivity index (χ3n) is 4.63. The Kier molecular flexibility index (Phi) is 5.86. The standard InChI is InChI=1S/C16H30N2O/c1-13(2)6-9-18-10-7-15(8-11-18)17-12-14-4-3-5-16(14)19/h6,14-17,19H,3-5,7-12H2,1-2H3. The average Bonchev–Trinajstić information content (AvgIpc) is 2.81. The fraction of sp³-hybridized carbons (Fsp3) is 0.875. The molecular formula is C16H30N2O.